The second-order valence-corrected chi connectivity index (χ2v) is 12.8. The molecular weight excluding hydrogens is 711 g/mol. The first kappa shape index (κ1) is 32.3. The fraction of sp³-hybridized carbons (Fsp3) is 0.219. The van der Waals surface area contributed by atoms with Gasteiger partial charge in [-0.05, 0) is 90.3 Å². The van der Waals surface area contributed by atoms with Crippen LogP contribution in [0.15, 0.2) is 80.1 Å². The Kier molecular flexibility index (Phi) is 10.2. The molecule has 0 unspecified atom stereocenters. The van der Waals surface area contributed by atoms with Crippen LogP contribution in [0, 0.1) is 0 Å². The molecule has 0 radical (unpaired) electrons. The summed E-state index contributed by atoms with van der Waals surface area (Å²) in [5.74, 6) is 0.461. The van der Waals surface area contributed by atoms with Crippen molar-refractivity contribution in [2.24, 2.45) is 4.99 Å². The van der Waals surface area contributed by atoms with Crippen molar-refractivity contribution in [3.8, 4) is 11.5 Å². The van der Waals surface area contributed by atoms with E-state index in [4.69, 9.17) is 49.0 Å². The highest BCUT2D eigenvalue weighted by Gasteiger charge is 2.33. The van der Waals surface area contributed by atoms with Crippen molar-refractivity contribution < 1.29 is 19.0 Å². The van der Waals surface area contributed by atoms with Crippen molar-refractivity contribution in [2.75, 3.05) is 13.2 Å². The Balaban J connectivity index is 1.58. The zero-order valence-electron chi connectivity index (χ0n) is 23.8. The van der Waals surface area contributed by atoms with Crippen LogP contribution in [0.5, 0.6) is 11.5 Å². The fourth-order valence-electron chi connectivity index (χ4n) is 4.77. The summed E-state index contributed by atoms with van der Waals surface area (Å²) in [6.07, 6.45) is 1.76. The second-order valence-electron chi connectivity index (χ2n) is 9.64. The predicted octanol–water partition coefficient (Wildman–Crippen LogP) is 7.50. The number of thiazole rings is 1. The number of aromatic nitrogens is 1. The predicted molar refractivity (Wildman–Crippen MR) is 178 cm³/mol. The summed E-state index contributed by atoms with van der Waals surface area (Å²) in [4.78, 5) is 32.2. The fourth-order valence-corrected chi connectivity index (χ4v) is 6.98. The first-order valence-electron chi connectivity index (χ1n) is 13.6. The molecule has 0 spiro atoms. The van der Waals surface area contributed by atoms with E-state index in [-0.39, 0.29) is 18.8 Å². The smallest absolute Gasteiger partial charge is 0.338 e. The maximum absolute atomic E-state index is 14.0. The van der Waals surface area contributed by atoms with Crippen molar-refractivity contribution in [1.29, 1.82) is 0 Å². The number of benzene rings is 3. The topological polar surface area (TPSA) is 79.1 Å². The van der Waals surface area contributed by atoms with Crippen LogP contribution in [-0.2, 0) is 16.1 Å². The molecule has 1 atom stereocenters. The van der Waals surface area contributed by atoms with Crippen LogP contribution in [-0.4, -0.2) is 23.8 Å². The maximum atomic E-state index is 14.0. The highest BCUT2D eigenvalue weighted by Crippen LogP contribution is 2.38. The Hall–Kier alpha value is -3.08. The van der Waals surface area contributed by atoms with Crippen molar-refractivity contribution in [3.05, 3.63) is 122 Å². The van der Waals surface area contributed by atoms with Crippen LogP contribution in [0.3, 0.4) is 0 Å². The van der Waals surface area contributed by atoms with Gasteiger partial charge >= 0.3 is 5.97 Å². The molecule has 0 fully saturated rings. The van der Waals surface area contributed by atoms with Crippen LogP contribution in [0.2, 0.25) is 15.1 Å². The number of allylic oxidation sites excluding steroid dienone is 1. The van der Waals surface area contributed by atoms with Crippen LogP contribution in [0.25, 0.3) is 6.08 Å². The Bertz CT molecular complexity index is 1950. The number of fused-ring (bicyclic) bond motifs is 1. The normalized spacial score (nSPS) is 14.7. The zero-order valence-corrected chi connectivity index (χ0v) is 28.5. The lowest BCUT2D eigenvalue weighted by atomic mass is 9.96. The summed E-state index contributed by atoms with van der Waals surface area (Å²) in [6, 6.07) is 15.2. The Morgan fingerprint density at radius 2 is 1.75 bits per heavy atom. The van der Waals surface area contributed by atoms with Gasteiger partial charge in [-0.15, -0.1) is 0 Å². The van der Waals surface area contributed by atoms with Crippen LogP contribution in [0.4, 0.5) is 0 Å². The molecule has 2 heterocycles. The number of carbonyl (C=O) groups is 1. The number of carbonyl (C=O) groups excluding carboxylic acids is 1. The third-order valence-electron chi connectivity index (χ3n) is 6.72. The monoisotopic (exact) mass is 734 g/mol. The van der Waals surface area contributed by atoms with Gasteiger partial charge in [0.15, 0.2) is 16.3 Å². The molecule has 1 aliphatic rings. The lowest BCUT2D eigenvalue weighted by Crippen LogP contribution is -2.39. The van der Waals surface area contributed by atoms with E-state index >= 15 is 0 Å². The first-order chi connectivity index (χ1) is 21.1. The van der Waals surface area contributed by atoms with E-state index in [1.807, 2.05) is 13.0 Å². The number of rotatable bonds is 9. The lowest BCUT2D eigenvalue weighted by Gasteiger charge is -2.24. The Morgan fingerprint density at radius 3 is 2.43 bits per heavy atom. The third-order valence-corrected chi connectivity index (χ3v) is 9.13. The summed E-state index contributed by atoms with van der Waals surface area (Å²) in [5.41, 5.74) is 2.67. The van der Waals surface area contributed by atoms with Crippen molar-refractivity contribution in [2.45, 2.75) is 33.4 Å². The average Bonchev–Trinajstić information content (AvgIpc) is 3.27. The van der Waals surface area contributed by atoms with Gasteiger partial charge in [-0.25, -0.2) is 9.79 Å². The largest absolute Gasteiger partial charge is 0.490 e. The highest BCUT2D eigenvalue weighted by molar-refractivity contribution is 9.10. The minimum absolute atomic E-state index is 0.191. The Labute approximate surface area is 281 Å². The molecule has 0 saturated carbocycles. The number of halogens is 4. The molecule has 0 N–H and O–H groups in total. The van der Waals surface area contributed by atoms with E-state index in [0.717, 1.165) is 5.56 Å². The molecule has 5 rings (SSSR count). The molecule has 0 saturated heterocycles. The van der Waals surface area contributed by atoms with Gasteiger partial charge in [0.1, 0.15) is 6.61 Å². The molecule has 1 aromatic heterocycles. The zero-order chi connectivity index (χ0) is 31.5. The number of nitrogens with zero attached hydrogens (tertiary/aromatic N) is 2. The highest BCUT2D eigenvalue weighted by atomic mass is 79.9. The van der Waals surface area contributed by atoms with Gasteiger partial charge in [0.25, 0.3) is 5.56 Å². The van der Waals surface area contributed by atoms with Crippen LogP contribution < -0.4 is 24.4 Å². The van der Waals surface area contributed by atoms with E-state index in [0.29, 0.717) is 69.4 Å². The van der Waals surface area contributed by atoms with E-state index in [9.17, 15) is 9.59 Å². The average molecular weight is 737 g/mol. The summed E-state index contributed by atoms with van der Waals surface area (Å²) in [5, 5.41) is 1.58. The van der Waals surface area contributed by atoms with Crippen LogP contribution >= 0.6 is 62.1 Å². The maximum Gasteiger partial charge on any atom is 0.338 e. The van der Waals surface area contributed by atoms with Crippen molar-refractivity contribution in [3.63, 3.8) is 0 Å². The molecule has 12 heteroatoms. The third kappa shape index (κ3) is 6.77. The van der Waals surface area contributed by atoms with Gasteiger partial charge in [-0.3, -0.25) is 9.36 Å². The molecule has 3 aromatic carbocycles. The number of hydrogen-bond acceptors (Lipinski definition) is 7. The van der Waals surface area contributed by atoms with E-state index in [1.165, 1.54) is 15.9 Å². The van der Waals surface area contributed by atoms with Gasteiger partial charge in [-0.2, -0.15) is 0 Å². The molecule has 1 aliphatic heterocycles. The summed E-state index contributed by atoms with van der Waals surface area (Å²) in [7, 11) is 0. The second kappa shape index (κ2) is 13.9. The molecule has 0 aliphatic carbocycles. The van der Waals surface area contributed by atoms with Gasteiger partial charge in [0.05, 0.1) is 39.5 Å². The van der Waals surface area contributed by atoms with Gasteiger partial charge in [-0.1, -0.05) is 64.3 Å². The Morgan fingerprint density at radius 1 is 1.02 bits per heavy atom. The lowest BCUT2D eigenvalue weighted by molar-refractivity contribution is -0.139. The number of ether oxygens (including phenoxy) is 3. The van der Waals surface area contributed by atoms with Crippen LogP contribution in [0.1, 0.15) is 43.5 Å². The van der Waals surface area contributed by atoms with E-state index < -0.39 is 12.0 Å². The summed E-state index contributed by atoms with van der Waals surface area (Å²) >= 11 is 23.3. The molecular formula is C32H26BrCl3N2O5S. The standard InChI is InChI=1S/C32H26BrCl3N2O5S/c1-4-41-25-13-18(12-23(33)29(25)43-16-20-8-11-22(35)15-24(20)36)14-26-30(39)38-28(19-6-9-21(34)10-7-19)27(31(40)42-5-2)17(3)37-32(38)44-26/h6-15,28H,4-5,16H2,1-3H3/b26-14-/t28-/m0/s1. The summed E-state index contributed by atoms with van der Waals surface area (Å²) in [6.45, 7) is 6.13. The molecule has 4 aromatic rings. The first-order valence-corrected chi connectivity index (χ1v) is 16.3. The summed E-state index contributed by atoms with van der Waals surface area (Å²) < 4.78 is 20.0. The van der Waals surface area contributed by atoms with Crippen molar-refractivity contribution in [1.82, 2.24) is 4.57 Å². The quantitative estimate of drug-likeness (QED) is 0.167. The molecule has 228 valence electrons. The number of esters is 1. The van der Waals surface area contributed by atoms with Gasteiger partial charge in [0, 0.05) is 20.6 Å². The van der Waals surface area contributed by atoms with E-state index in [1.54, 1.807) is 68.5 Å². The van der Waals surface area contributed by atoms with Gasteiger partial charge in [0.2, 0.25) is 0 Å². The SMILES string of the molecule is CCOC(=O)C1=C(C)N=c2s/c(=C\c3cc(Br)c(OCc4ccc(Cl)cc4Cl)c(OCC)c3)c(=O)n2[C@H]1c1ccc(Cl)cc1. The molecule has 7 nitrogen and oxygen atoms in total. The molecule has 0 bridgehead atoms. The van der Waals surface area contributed by atoms with Gasteiger partial charge < -0.3 is 14.2 Å². The molecule has 44 heavy (non-hydrogen) atoms. The number of hydrogen-bond donors (Lipinski definition) is 0. The van der Waals surface area contributed by atoms with Crippen molar-refractivity contribution >= 4 is 74.1 Å². The molecule has 0 amide bonds. The minimum Gasteiger partial charge on any atom is -0.490 e. The van der Waals surface area contributed by atoms with E-state index in [2.05, 4.69) is 20.9 Å². The minimum atomic E-state index is -0.731.